The summed E-state index contributed by atoms with van der Waals surface area (Å²) >= 11 is 1.86. The highest BCUT2D eigenvalue weighted by atomic mass is 32.1. The van der Waals surface area contributed by atoms with Gasteiger partial charge in [0.25, 0.3) is 0 Å². The molecule has 1 aromatic rings. The van der Waals surface area contributed by atoms with Gasteiger partial charge in [0.15, 0.2) is 0 Å². The zero-order valence-electron chi connectivity index (χ0n) is 12.1. The molecular formula is C15H25N3S. The van der Waals surface area contributed by atoms with Crippen molar-refractivity contribution in [2.45, 2.75) is 64.1 Å². The number of nitrogens with one attached hydrogen (secondary N) is 1. The van der Waals surface area contributed by atoms with Gasteiger partial charge in [-0.1, -0.05) is 6.92 Å². The number of thiazole rings is 1. The highest BCUT2D eigenvalue weighted by Crippen LogP contribution is 2.28. The molecule has 3 heterocycles. The fraction of sp³-hybridized carbons (Fsp3) is 0.800. The minimum atomic E-state index is 0.406. The van der Waals surface area contributed by atoms with E-state index in [1.54, 1.807) is 0 Å². The van der Waals surface area contributed by atoms with Crippen LogP contribution >= 0.6 is 11.3 Å². The monoisotopic (exact) mass is 279 g/mol. The topological polar surface area (TPSA) is 28.2 Å². The lowest BCUT2D eigenvalue weighted by atomic mass is 9.97. The number of piperidine rings is 1. The van der Waals surface area contributed by atoms with Gasteiger partial charge in [0, 0.05) is 23.2 Å². The molecule has 0 amide bonds. The highest BCUT2D eigenvalue weighted by Gasteiger charge is 2.32. The normalized spacial score (nSPS) is 29.4. The van der Waals surface area contributed by atoms with Crippen LogP contribution in [-0.2, 0) is 6.42 Å². The molecule has 2 fully saturated rings. The molecule has 0 spiro atoms. The molecule has 3 rings (SSSR count). The molecular weight excluding hydrogens is 254 g/mol. The maximum absolute atomic E-state index is 4.56. The van der Waals surface area contributed by atoms with Crippen molar-refractivity contribution >= 4 is 11.3 Å². The lowest BCUT2D eigenvalue weighted by Crippen LogP contribution is -2.46. The number of aromatic nitrogens is 1. The molecule has 1 aromatic heterocycles. The minimum Gasteiger partial charge on any atom is -0.305 e. The number of rotatable bonds is 4. The van der Waals surface area contributed by atoms with E-state index in [0.717, 1.165) is 12.5 Å². The minimum absolute atomic E-state index is 0.406. The van der Waals surface area contributed by atoms with Crippen molar-refractivity contribution in [1.82, 2.24) is 15.2 Å². The summed E-state index contributed by atoms with van der Waals surface area (Å²) in [5.41, 5.74) is 0. The molecule has 3 nitrogen and oxygen atoms in total. The van der Waals surface area contributed by atoms with Crippen LogP contribution in [-0.4, -0.2) is 35.1 Å². The molecule has 1 N–H and O–H groups in total. The number of hydrogen-bond donors (Lipinski definition) is 1. The Morgan fingerprint density at radius 2 is 2.37 bits per heavy atom. The molecule has 19 heavy (non-hydrogen) atoms. The van der Waals surface area contributed by atoms with Gasteiger partial charge in [-0.25, -0.2) is 4.98 Å². The number of nitrogens with zero attached hydrogens (tertiary/aromatic N) is 2. The average molecular weight is 279 g/mol. The molecule has 3 atom stereocenters. The summed E-state index contributed by atoms with van der Waals surface area (Å²) in [6.07, 6.45) is 8.58. The van der Waals surface area contributed by atoms with Crippen molar-refractivity contribution in [3.63, 3.8) is 0 Å². The lowest BCUT2D eigenvalue weighted by molar-refractivity contribution is 0.162. The number of aryl methyl sites for hydroxylation is 1. The second-order valence-electron chi connectivity index (χ2n) is 5.96. The molecule has 0 radical (unpaired) electrons. The quantitative estimate of drug-likeness (QED) is 0.918. The van der Waals surface area contributed by atoms with E-state index in [1.165, 1.54) is 48.7 Å². The number of fused-ring (bicyclic) bond motifs is 1. The smallest absolute Gasteiger partial charge is 0.109 e. The van der Waals surface area contributed by atoms with Crippen LogP contribution in [0.3, 0.4) is 0 Å². The Balaban J connectivity index is 1.55. The molecule has 2 aliphatic heterocycles. The molecule has 2 aliphatic rings. The van der Waals surface area contributed by atoms with Crippen molar-refractivity contribution in [1.29, 1.82) is 0 Å². The Kier molecular flexibility index (Phi) is 4.20. The van der Waals surface area contributed by atoms with E-state index < -0.39 is 0 Å². The van der Waals surface area contributed by atoms with E-state index in [-0.39, 0.29) is 0 Å². The van der Waals surface area contributed by atoms with Gasteiger partial charge in [0.2, 0.25) is 0 Å². The van der Waals surface area contributed by atoms with Gasteiger partial charge in [-0.05, 0) is 52.1 Å². The second kappa shape index (κ2) is 5.90. The first-order chi connectivity index (χ1) is 9.26. The summed E-state index contributed by atoms with van der Waals surface area (Å²) in [7, 11) is 0. The van der Waals surface area contributed by atoms with E-state index in [9.17, 15) is 0 Å². The third-order valence-electron chi connectivity index (χ3n) is 4.60. The Hall–Kier alpha value is -0.450. The van der Waals surface area contributed by atoms with Crippen LogP contribution in [0.2, 0.25) is 0 Å². The zero-order valence-corrected chi connectivity index (χ0v) is 12.9. The Bertz CT molecular complexity index is 417. The van der Waals surface area contributed by atoms with Crippen LogP contribution < -0.4 is 5.32 Å². The van der Waals surface area contributed by atoms with Crippen molar-refractivity contribution < 1.29 is 0 Å². The van der Waals surface area contributed by atoms with Crippen molar-refractivity contribution in [3.05, 3.63) is 16.1 Å². The molecule has 4 heteroatoms. The largest absolute Gasteiger partial charge is 0.305 e. The third kappa shape index (κ3) is 3.01. The van der Waals surface area contributed by atoms with Gasteiger partial charge < -0.3 is 10.2 Å². The van der Waals surface area contributed by atoms with Gasteiger partial charge in [-0.2, -0.15) is 0 Å². The Morgan fingerprint density at radius 3 is 3.16 bits per heavy atom. The summed E-state index contributed by atoms with van der Waals surface area (Å²) in [6, 6.07) is 1.94. The predicted molar refractivity (Wildman–Crippen MR) is 80.7 cm³/mol. The number of hydrogen-bond acceptors (Lipinski definition) is 4. The van der Waals surface area contributed by atoms with Crippen LogP contribution in [0.4, 0.5) is 0 Å². The van der Waals surface area contributed by atoms with Gasteiger partial charge in [-0.3, -0.25) is 0 Å². The summed E-state index contributed by atoms with van der Waals surface area (Å²) in [6.45, 7) is 7.08. The maximum Gasteiger partial charge on any atom is 0.109 e. The van der Waals surface area contributed by atoms with E-state index in [4.69, 9.17) is 0 Å². The van der Waals surface area contributed by atoms with E-state index in [2.05, 4.69) is 29.0 Å². The molecule has 0 aliphatic carbocycles. The second-order valence-corrected chi connectivity index (χ2v) is 7.11. The van der Waals surface area contributed by atoms with Gasteiger partial charge in [0.1, 0.15) is 5.01 Å². The van der Waals surface area contributed by atoms with Crippen molar-refractivity contribution in [3.8, 4) is 0 Å². The standard InChI is InChI=1S/C15H25N3S/c1-3-14-10-16-15(19-14)11(2)17-12-6-8-18-7-4-5-13(18)9-12/h10-13,17H,3-9H2,1-2H3. The van der Waals surface area contributed by atoms with Crippen LogP contribution in [0, 0.1) is 0 Å². The van der Waals surface area contributed by atoms with Crippen molar-refractivity contribution in [2.75, 3.05) is 13.1 Å². The zero-order chi connectivity index (χ0) is 13.2. The fourth-order valence-electron chi connectivity index (χ4n) is 3.49. The summed E-state index contributed by atoms with van der Waals surface area (Å²) in [4.78, 5) is 8.64. The summed E-state index contributed by atoms with van der Waals surface area (Å²) in [5.74, 6) is 0. The van der Waals surface area contributed by atoms with Crippen molar-refractivity contribution in [2.24, 2.45) is 0 Å². The molecule has 0 bridgehead atoms. The first-order valence-corrected chi connectivity index (χ1v) is 8.52. The molecule has 106 valence electrons. The molecule has 3 unspecified atom stereocenters. The van der Waals surface area contributed by atoms with Crippen LogP contribution in [0.5, 0.6) is 0 Å². The van der Waals surface area contributed by atoms with E-state index in [1.807, 2.05) is 17.5 Å². The Labute approximate surface area is 120 Å². The van der Waals surface area contributed by atoms with E-state index >= 15 is 0 Å². The molecule has 2 saturated heterocycles. The highest BCUT2D eigenvalue weighted by molar-refractivity contribution is 7.11. The van der Waals surface area contributed by atoms with Crippen LogP contribution in [0.15, 0.2) is 6.20 Å². The van der Waals surface area contributed by atoms with Gasteiger partial charge in [0.05, 0.1) is 6.04 Å². The predicted octanol–water partition coefficient (Wildman–Crippen LogP) is 2.98. The average Bonchev–Trinajstić information content (AvgIpc) is 3.06. The summed E-state index contributed by atoms with van der Waals surface area (Å²) < 4.78 is 0. The molecule has 0 aromatic carbocycles. The summed E-state index contributed by atoms with van der Waals surface area (Å²) in [5, 5.41) is 5.06. The molecule has 0 saturated carbocycles. The first kappa shape index (κ1) is 13.5. The third-order valence-corrected chi connectivity index (χ3v) is 5.92. The first-order valence-electron chi connectivity index (χ1n) is 7.71. The van der Waals surface area contributed by atoms with Gasteiger partial charge in [-0.15, -0.1) is 11.3 Å². The SMILES string of the molecule is CCc1cnc(C(C)NC2CCN3CCCC3C2)s1. The Morgan fingerprint density at radius 1 is 1.47 bits per heavy atom. The van der Waals surface area contributed by atoms with Gasteiger partial charge >= 0.3 is 0 Å². The lowest BCUT2D eigenvalue weighted by Gasteiger charge is -2.36. The van der Waals surface area contributed by atoms with E-state index in [0.29, 0.717) is 12.1 Å². The van der Waals surface area contributed by atoms with Crippen LogP contribution in [0.25, 0.3) is 0 Å². The van der Waals surface area contributed by atoms with Crippen LogP contribution in [0.1, 0.15) is 55.5 Å². The maximum atomic E-state index is 4.56. The fourth-order valence-corrected chi connectivity index (χ4v) is 4.36.